The van der Waals surface area contributed by atoms with E-state index in [4.69, 9.17) is 11.6 Å². The highest BCUT2D eigenvalue weighted by molar-refractivity contribution is 6.32. The van der Waals surface area contributed by atoms with E-state index in [-0.39, 0.29) is 5.56 Å². The van der Waals surface area contributed by atoms with Crippen LogP contribution in [0.3, 0.4) is 0 Å². The van der Waals surface area contributed by atoms with Gasteiger partial charge < -0.3 is 0 Å². The van der Waals surface area contributed by atoms with Crippen molar-refractivity contribution in [3.8, 4) is 11.4 Å². The maximum absolute atomic E-state index is 10.8. The van der Waals surface area contributed by atoms with Crippen LogP contribution < -0.4 is 5.56 Å². The summed E-state index contributed by atoms with van der Waals surface area (Å²) >= 11 is 5.90. The third-order valence-corrected chi connectivity index (χ3v) is 1.99. The third-order valence-electron chi connectivity index (χ3n) is 1.68. The molecule has 0 radical (unpaired) electrons. The number of nitrogens with zero attached hydrogens (tertiary/aromatic N) is 2. The van der Waals surface area contributed by atoms with Crippen LogP contribution in [0.25, 0.3) is 11.4 Å². The van der Waals surface area contributed by atoms with Gasteiger partial charge in [-0.2, -0.15) is 5.10 Å². The summed E-state index contributed by atoms with van der Waals surface area (Å²) in [7, 11) is 0. The molecule has 2 rings (SSSR count). The number of nitrogens with one attached hydrogen (secondary N) is 1. The van der Waals surface area contributed by atoms with Gasteiger partial charge >= 0.3 is 0 Å². The minimum Gasteiger partial charge on any atom is -0.268 e. The van der Waals surface area contributed by atoms with Crippen LogP contribution >= 0.6 is 11.6 Å². The number of aromatic nitrogens is 3. The second kappa shape index (κ2) is 3.59. The van der Waals surface area contributed by atoms with Gasteiger partial charge in [0.15, 0.2) is 0 Å². The molecule has 2 aromatic heterocycles. The Morgan fingerprint density at radius 2 is 2.14 bits per heavy atom. The predicted molar refractivity (Wildman–Crippen MR) is 53.1 cm³/mol. The first-order valence-corrected chi connectivity index (χ1v) is 4.32. The van der Waals surface area contributed by atoms with Gasteiger partial charge in [-0.1, -0.05) is 11.6 Å². The number of pyridine rings is 1. The third kappa shape index (κ3) is 1.65. The van der Waals surface area contributed by atoms with E-state index >= 15 is 0 Å². The Morgan fingerprint density at radius 3 is 2.79 bits per heavy atom. The molecule has 5 heteroatoms. The Kier molecular flexibility index (Phi) is 2.28. The highest BCUT2D eigenvalue weighted by atomic mass is 35.5. The first-order chi connectivity index (χ1) is 6.77. The quantitative estimate of drug-likeness (QED) is 0.771. The number of halogens is 1. The zero-order valence-electron chi connectivity index (χ0n) is 7.07. The van der Waals surface area contributed by atoms with Crippen LogP contribution in [-0.2, 0) is 0 Å². The van der Waals surface area contributed by atoms with Crippen molar-refractivity contribution in [1.82, 2.24) is 15.2 Å². The largest absolute Gasteiger partial charge is 0.268 e. The summed E-state index contributed by atoms with van der Waals surface area (Å²) in [5, 5.41) is 6.65. The minimum atomic E-state index is -0.249. The summed E-state index contributed by atoms with van der Waals surface area (Å²) < 4.78 is 0. The molecule has 0 aliphatic heterocycles. The molecule has 0 spiro atoms. The molecule has 0 fully saturated rings. The summed E-state index contributed by atoms with van der Waals surface area (Å²) in [6.45, 7) is 0. The van der Waals surface area contributed by atoms with Gasteiger partial charge in [0.25, 0.3) is 5.56 Å². The van der Waals surface area contributed by atoms with E-state index in [0.717, 1.165) is 0 Å². The highest BCUT2D eigenvalue weighted by Crippen LogP contribution is 2.21. The first kappa shape index (κ1) is 8.90. The molecule has 70 valence electrons. The van der Waals surface area contributed by atoms with E-state index in [9.17, 15) is 4.79 Å². The van der Waals surface area contributed by atoms with Crippen molar-refractivity contribution >= 4 is 11.6 Å². The SMILES string of the molecule is O=c1ccc(-c2ncccc2Cl)n[nH]1. The van der Waals surface area contributed by atoms with Crippen LogP contribution in [0.5, 0.6) is 0 Å². The van der Waals surface area contributed by atoms with Crippen molar-refractivity contribution in [3.63, 3.8) is 0 Å². The van der Waals surface area contributed by atoms with Crippen LogP contribution in [0.1, 0.15) is 0 Å². The zero-order valence-corrected chi connectivity index (χ0v) is 7.82. The minimum absolute atomic E-state index is 0.249. The van der Waals surface area contributed by atoms with Gasteiger partial charge in [0.05, 0.1) is 5.02 Å². The van der Waals surface area contributed by atoms with Crippen LogP contribution in [0.4, 0.5) is 0 Å². The second-order valence-electron chi connectivity index (χ2n) is 2.64. The van der Waals surface area contributed by atoms with E-state index in [1.54, 1.807) is 24.4 Å². The fourth-order valence-corrected chi connectivity index (χ4v) is 1.27. The molecular weight excluding hydrogens is 202 g/mol. The number of rotatable bonds is 1. The highest BCUT2D eigenvalue weighted by Gasteiger charge is 2.04. The topological polar surface area (TPSA) is 58.6 Å². The lowest BCUT2D eigenvalue weighted by molar-refractivity contribution is 0.989. The van der Waals surface area contributed by atoms with Crippen LogP contribution in [-0.4, -0.2) is 15.2 Å². The van der Waals surface area contributed by atoms with E-state index in [1.807, 2.05) is 0 Å². The van der Waals surface area contributed by atoms with Crippen molar-refractivity contribution in [1.29, 1.82) is 0 Å². The van der Waals surface area contributed by atoms with Gasteiger partial charge in [-0.3, -0.25) is 9.78 Å². The Bertz CT molecular complexity index is 489. The lowest BCUT2D eigenvalue weighted by Gasteiger charge is -1.99. The van der Waals surface area contributed by atoms with E-state index in [0.29, 0.717) is 16.4 Å². The molecule has 0 saturated heterocycles. The fraction of sp³-hybridized carbons (Fsp3) is 0. The smallest absolute Gasteiger partial charge is 0.264 e. The van der Waals surface area contributed by atoms with Gasteiger partial charge in [-0.05, 0) is 18.2 Å². The molecule has 0 saturated carbocycles. The molecule has 2 aromatic rings. The summed E-state index contributed by atoms with van der Waals surface area (Å²) in [6.07, 6.45) is 1.62. The van der Waals surface area contributed by atoms with Crippen molar-refractivity contribution < 1.29 is 0 Å². The second-order valence-corrected chi connectivity index (χ2v) is 3.05. The fourth-order valence-electron chi connectivity index (χ4n) is 1.05. The van der Waals surface area contributed by atoms with Crippen molar-refractivity contribution in [3.05, 3.63) is 45.8 Å². The van der Waals surface area contributed by atoms with E-state index in [1.165, 1.54) is 6.07 Å². The van der Waals surface area contributed by atoms with Crippen LogP contribution in [0.15, 0.2) is 35.3 Å². The Balaban J connectivity index is 2.55. The normalized spacial score (nSPS) is 10.1. The Hall–Kier alpha value is -1.68. The molecule has 0 aliphatic rings. The maximum atomic E-state index is 10.8. The van der Waals surface area contributed by atoms with E-state index in [2.05, 4.69) is 15.2 Å². The molecule has 0 bridgehead atoms. The molecule has 0 aromatic carbocycles. The van der Waals surface area contributed by atoms with Crippen molar-refractivity contribution in [2.75, 3.05) is 0 Å². The summed E-state index contributed by atoms with van der Waals surface area (Å²) in [5.41, 5.74) is 0.862. The lowest BCUT2D eigenvalue weighted by Crippen LogP contribution is -2.06. The standard InChI is InChI=1S/C9H6ClN3O/c10-6-2-1-5-11-9(6)7-3-4-8(14)13-12-7/h1-5H,(H,13,14). The van der Waals surface area contributed by atoms with Crippen LogP contribution in [0, 0.1) is 0 Å². The van der Waals surface area contributed by atoms with Gasteiger partial charge in [-0.15, -0.1) is 0 Å². The van der Waals surface area contributed by atoms with Crippen LogP contribution in [0.2, 0.25) is 5.02 Å². The Labute approximate surface area is 84.6 Å². The van der Waals surface area contributed by atoms with Gasteiger partial charge in [0.1, 0.15) is 11.4 Å². The first-order valence-electron chi connectivity index (χ1n) is 3.94. The molecule has 0 atom stereocenters. The molecule has 0 unspecified atom stereocenters. The average molecular weight is 208 g/mol. The van der Waals surface area contributed by atoms with Gasteiger partial charge in [0.2, 0.25) is 0 Å². The molecular formula is C9H6ClN3O. The summed E-state index contributed by atoms with van der Waals surface area (Å²) in [5.74, 6) is 0. The van der Waals surface area contributed by atoms with Gasteiger partial charge in [0, 0.05) is 12.3 Å². The zero-order chi connectivity index (χ0) is 9.97. The average Bonchev–Trinajstić information content (AvgIpc) is 2.20. The molecule has 4 nitrogen and oxygen atoms in total. The summed E-state index contributed by atoms with van der Waals surface area (Å²) in [4.78, 5) is 14.8. The molecule has 14 heavy (non-hydrogen) atoms. The summed E-state index contributed by atoms with van der Waals surface area (Å²) in [6, 6.07) is 6.41. The number of aromatic amines is 1. The lowest BCUT2D eigenvalue weighted by atomic mass is 10.2. The number of H-pyrrole nitrogens is 1. The van der Waals surface area contributed by atoms with Gasteiger partial charge in [-0.25, -0.2) is 5.10 Å². The van der Waals surface area contributed by atoms with E-state index < -0.39 is 0 Å². The maximum Gasteiger partial charge on any atom is 0.264 e. The molecule has 1 N–H and O–H groups in total. The number of hydrogen-bond acceptors (Lipinski definition) is 3. The molecule has 0 amide bonds. The molecule has 2 heterocycles. The Morgan fingerprint density at radius 1 is 1.29 bits per heavy atom. The van der Waals surface area contributed by atoms with Crippen molar-refractivity contribution in [2.45, 2.75) is 0 Å². The number of hydrogen-bond donors (Lipinski definition) is 1. The predicted octanol–water partition coefficient (Wildman–Crippen LogP) is 1.49. The monoisotopic (exact) mass is 207 g/mol. The van der Waals surface area contributed by atoms with Crippen molar-refractivity contribution in [2.24, 2.45) is 0 Å². The molecule has 0 aliphatic carbocycles.